The monoisotopic (exact) mass is 759 g/mol. The Morgan fingerprint density at radius 2 is 1.64 bits per heavy atom. The molecule has 10 nitrogen and oxygen atoms in total. The third kappa shape index (κ3) is 5.72. The zero-order valence-corrected chi connectivity index (χ0v) is 30.5. The number of Topliss-reactive ketones (excluding diaryl/α,β-unsaturated/α-hetero) is 1. The van der Waals surface area contributed by atoms with Crippen LogP contribution in [0.5, 0.6) is 11.5 Å². The van der Waals surface area contributed by atoms with Crippen LogP contribution in [0.3, 0.4) is 0 Å². The molecule has 4 amide bonds. The van der Waals surface area contributed by atoms with Crippen LogP contribution in [0.4, 0.5) is 15.8 Å². The molecule has 4 aromatic rings. The van der Waals surface area contributed by atoms with Gasteiger partial charge in [-0.05, 0) is 110 Å². The predicted octanol–water partition coefficient (Wildman–Crippen LogP) is 7.13. The number of fused-ring (bicyclic) bond motifs is 4. The Balaban J connectivity index is 1.28. The number of hydrazine groups is 1. The summed E-state index contributed by atoms with van der Waals surface area (Å²) in [7, 11) is 1.43. The average molecular weight is 760 g/mol. The van der Waals surface area contributed by atoms with Crippen molar-refractivity contribution in [3.8, 4) is 11.5 Å². The van der Waals surface area contributed by atoms with E-state index >= 15 is 4.79 Å². The highest BCUT2D eigenvalue weighted by Crippen LogP contribution is 2.61. The molecule has 2 heterocycles. The lowest BCUT2D eigenvalue weighted by Crippen LogP contribution is -2.54. The Labute approximate surface area is 320 Å². The van der Waals surface area contributed by atoms with E-state index in [1.54, 1.807) is 66.7 Å². The van der Waals surface area contributed by atoms with Crippen molar-refractivity contribution in [3.05, 3.63) is 136 Å². The number of phenolic OH excluding ortho intramolecular Hbond substituents is 1. The Bertz CT molecular complexity index is 2330. The second-order valence-electron chi connectivity index (χ2n) is 14.3. The minimum Gasteiger partial charge on any atom is -0.504 e. The number of carbonyl (C=O) groups excluding carboxylic acids is 5. The Morgan fingerprint density at radius 1 is 0.927 bits per heavy atom. The lowest BCUT2D eigenvalue weighted by molar-refractivity contribution is -0.139. The van der Waals surface area contributed by atoms with Crippen molar-refractivity contribution in [1.82, 2.24) is 5.01 Å². The molecule has 6 unspecified atom stereocenters. The quantitative estimate of drug-likeness (QED) is 0.110. The predicted molar refractivity (Wildman–Crippen MR) is 202 cm³/mol. The second kappa shape index (κ2) is 13.7. The number of carbonyl (C=O) groups is 5. The van der Waals surface area contributed by atoms with E-state index in [1.165, 1.54) is 49.3 Å². The molecule has 12 heteroatoms. The average Bonchev–Trinajstić information content (AvgIpc) is 3.56. The van der Waals surface area contributed by atoms with Crippen molar-refractivity contribution >= 4 is 58.5 Å². The van der Waals surface area contributed by atoms with Crippen LogP contribution in [-0.2, 0) is 24.6 Å². The maximum atomic E-state index is 15.2. The van der Waals surface area contributed by atoms with E-state index in [1.807, 2.05) is 12.2 Å². The van der Waals surface area contributed by atoms with Crippen molar-refractivity contribution < 1.29 is 38.2 Å². The van der Waals surface area contributed by atoms with Gasteiger partial charge in [-0.25, -0.2) is 4.39 Å². The molecule has 8 rings (SSSR count). The van der Waals surface area contributed by atoms with Crippen LogP contribution in [0, 0.1) is 35.4 Å². The molecule has 0 aromatic heterocycles. The fourth-order valence-electron chi connectivity index (χ4n) is 9.01. The van der Waals surface area contributed by atoms with Crippen LogP contribution < -0.4 is 15.1 Å². The summed E-state index contributed by atoms with van der Waals surface area (Å²) in [6.45, 7) is 1.43. The first-order chi connectivity index (χ1) is 26.4. The second-order valence-corrected chi connectivity index (χ2v) is 14.8. The van der Waals surface area contributed by atoms with Gasteiger partial charge in [0.25, 0.3) is 11.8 Å². The summed E-state index contributed by atoms with van der Waals surface area (Å²) >= 11 is 6.36. The summed E-state index contributed by atoms with van der Waals surface area (Å²) in [6, 6.07) is 23.2. The van der Waals surface area contributed by atoms with E-state index in [-0.39, 0.29) is 36.0 Å². The number of methoxy groups -OCH3 is 1. The Kier molecular flexibility index (Phi) is 8.92. The van der Waals surface area contributed by atoms with Crippen LogP contribution >= 0.6 is 11.6 Å². The van der Waals surface area contributed by atoms with Crippen molar-refractivity contribution in [2.24, 2.45) is 29.6 Å². The number of phenols is 1. The number of halogens is 2. The van der Waals surface area contributed by atoms with Crippen LogP contribution in [0.25, 0.3) is 6.08 Å². The molecule has 2 saturated heterocycles. The molecular weight excluding hydrogens is 725 g/mol. The number of anilines is 2. The molecule has 0 spiro atoms. The van der Waals surface area contributed by atoms with Crippen molar-refractivity contribution in [3.63, 3.8) is 0 Å². The highest BCUT2D eigenvalue weighted by molar-refractivity contribution is 6.30. The number of ketones is 1. The van der Waals surface area contributed by atoms with Crippen LogP contribution in [0.1, 0.15) is 41.3 Å². The largest absolute Gasteiger partial charge is 0.504 e. The number of aromatic hydroxyl groups is 1. The minimum atomic E-state index is -1.53. The molecule has 6 atom stereocenters. The number of ether oxygens (including phenoxy) is 1. The summed E-state index contributed by atoms with van der Waals surface area (Å²) in [4.78, 5) is 71.6. The topological polar surface area (TPSA) is 133 Å². The fraction of sp³-hybridized carbons (Fsp3) is 0.233. The number of hydrogen-bond donors (Lipinski definition) is 2. The Hall–Kier alpha value is -6.07. The van der Waals surface area contributed by atoms with Crippen LogP contribution in [-0.4, -0.2) is 46.6 Å². The molecule has 278 valence electrons. The zero-order valence-electron chi connectivity index (χ0n) is 29.7. The fourth-order valence-corrected chi connectivity index (χ4v) is 9.13. The van der Waals surface area contributed by atoms with Crippen molar-refractivity contribution in [2.75, 3.05) is 17.4 Å². The van der Waals surface area contributed by atoms with E-state index < -0.39 is 58.5 Å². The van der Waals surface area contributed by atoms with Gasteiger partial charge in [0.2, 0.25) is 11.8 Å². The maximum Gasteiger partial charge on any atom is 0.260 e. The molecule has 4 aromatic carbocycles. The van der Waals surface area contributed by atoms with Gasteiger partial charge in [-0.2, -0.15) is 5.01 Å². The molecule has 55 heavy (non-hydrogen) atoms. The number of benzene rings is 4. The van der Waals surface area contributed by atoms with E-state index in [0.29, 0.717) is 33.1 Å². The van der Waals surface area contributed by atoms with E-state index in [0.717, 1.165) is 10.6 Å². The highest BCUT2D eigenvalue weighted by Gasteiger charge is 2.69. The maximum absolute atomic E-state index is 15.2. The van der Waals surface area contributed by atoms with Gasteiger partial charge >= 0.3 is 0 Å². The Morgan fingerprint density at radius 3 is 2.31 bits per heavy atom. The third-order valence-corrected chi connectivity index (χ3v) is 11.8. The van der Waals surface area contributed by atoms with Gasteiger partial charge in [-0.3, -0.25) is 34.3 Å². The van der Waals surface area contributed by atoms with Crippen LogP contribution in [0.2, 0.25) is 5.02 Å². The van der Waals surface area contributed by atoms with Gasteiger partial charge in [0.05, 0.1) is 41.7 Å². The molecule has 2 aliphatic heterocycles. The van der Waals surface area contributed by atoms with Gasteiger partial charge < -0.3 is 9.84 Å². The first kappa shape index (κ1) is 35.9. The molecule has 2 N–H and O–H groups in total. The summed E-state index contributed by atoms with van der Waals surface area (Å²) < 4.78 is 19.2. The number of nitrogens with one attached hydrogen (secondary N) is 1. The van der Waals surface area contributed by atoms with E-state index in [4.69, 9.17) is 16.3 Å². The summed E-state index contributed by atoms with van der Waals surface area (Å²) in [5.41, 5.74) is 4.42. The minimum absolute atomic E-state index is 0.0555. The number of rotatable bonds is 8. The van der Waals surface area contributed by atoms with Gasteiger partial charge in [0, 0.05) is 16.5 Å². The van der Waals surface area contributed by atoms with Gasteiger partial charge in [-0.1, -0.05) is 53.6 Å². The lowest BCUT2D eigenvalue weighted by atomic mass is 9.50. The standard InChI is InChI=1S/C43H35ClFN3O7/c1-23(49)25-5-15-30(16-6-25)47-39(51)32-18-17-31-33(38(32)41(47)53)22-35-40(52)48(46-29-13-11-28(45)12-14-29)42(54)43(35,26-7-9-27(44)10-8-26)34(31)19-3-24-4-20-36(50)37(21-24)55-2/h3-17,19-21,32-35,38,46,50H,18,22H2,1-2H3. The summed E-state index contributed by atoms with van der Waals surface area (Å²) in [5.74, 6) is -6.27. The van der Waals surface area contributed by atoms with E-state index in [2.05, 4.69) is 5.43 Å². The molecule has 0 radical (unpaired) electrons. The van der Waals surface area contributed by atoms with Crippen LogP contribution in [0.15, 0.2) is 109 Å². The smallest absolute Gasteiger partial charge is 0.260 e. The number of hydrogen-bond acceptors (Lipinski definition) is 8. The number of allylic oxidation sites excluding steroid dienone is 3. The van der Waals surface area contributed by atoms with Crippen molar-refractivity contribution in [1.29, 1.82) is 0 Å². The molecule has 4 aliphatic rings. The van der Waals surface area contributed by atoms with Gasteiger partial charge in [-0.15, -0.1) is 0 Å². The first-order valence-electron chi connectivity index (χ1n) is 17.8. The molecule has 1 saturated carbocycles. The van der Waals surface area contributed by atoms with Gasteiger partial charge in [0.1, 0.15) is 5.82 Å². The van der Waals surface area contributed by atoms with E-state index in [9.17, 15) is 28.7 Å². The SMILES string of the molecule is COc1cc(C=CC2C3=CCC4C(=O)N(c5ccc(C(C)=O)cc5)C(=O)C4C3CC3C(=O)N(Nc4ccc(F)cc4)C(=O)C23c2ccc(Cl)cc2)ccc1O. The zero-order chi connectivity index (χ0) is 38.8. The normalized spacial score (nSPS) is 25.8. The number of amides is 4. The van der Waals surface area contributed by atoms with Gasteiger partial charge in [0.15, 0.2) is 17.3 Å². The highest BCUT2D eigenvalue weighted by atomic mass is 35.5. The summed E-state index contributed by atoms with van der Waals surface area (Å²) in [6.07, 6.45) is 5.87. The number of imide groups is 2. The molecule has 2 aliphatic carbocycles. The van der Waals surface area contributed by atoms with Crippen molar-refractivity contribution in [2.45, 2.75) is 25.2 Å². The summed E-state index contributed by atoms with van der Waals surface area (Å²) in [5, 5.41) is 11.7. The lowest BCUT2D eigenvalue weighted by Gasteiger charge is -2.49. The first-order valence-corrected chi connectivity index (χ1v) is 18.2. The molecule has 0 bridgehead atoms. The number of nitrogens with zero attached hydrogens (tertiary/aromatic N) is 2. The molecule has 3 fully saturated rings. The molecular formula is C43H35ClFN3O7. The third-order valence-electron chi connectivity index (χ3n) is 11.5.